The largest absolute Gasteiger partial charge is 0.480 e. The number of unbranched alkanes of at least 4 members (excludes halogenated alkanes) is 1. The molecule has 0 aromatic rings. The van der Waals surface area contributed by atoms with Crippen molar-refractivity contribution in [3.63, 3.8) is 0 Å². The Morgan fingerprint density at radius 3 is 2.75 bits per heavy atom. The third-order valence-electron chi connectivity index (χ3n) is 1.41. The van der Waals surface area contributed by atoms with Crippen molar-refractivity contribution in [2.45, 2.75) is 25.3 Å². The number of nitrogens with two attached hydrogens (primary N) is 1. The van der Waals surface area contributed by atoms with Crippen LogP contribution in [0.1, 0.15) is 19.3 Å². The van der Waals surface area contributed by atoms with Crippen LogP contribution in [-0.2, 0) is 14.3 Å². The Bertz CT molecular complexity index is 148. The van der Waals surface area contributed by atoms with E-state index in [2.05, 4.69) is 4.74 Å². The zero-order valence-electron chi connectivity index (χ0n) is 6.73. The molecule has 0 aromatic heterocycles. The molecule has 1 unspecified atom stereocenters. The minimum atomic E-state index is -0.994. The monoisotopic (exact) mass is 175 g/mol. The second-order valence-corrected chi connectivity index (χ2v) is 2.41. The summed E-state index contributed by atoms with van der Waals surface area (Å²) in [5, 5.41) is 8.37. The highest BCUT2D eigenvalue weighted by Gasteiger charge is 2.09. The fourth-order valence-electron chi connectivity index (χ4n) is 0.721. The maximum absolute atomic E-state index is 10.2. The van der Waals surface area contributed by atoms with Gasteiger partial charge < -0.3 is 15.6 Å². The van der Waals surface area contributed by atoms with Gasteiger partial charge in [0.2, 0.25) is 0 Å². The van der Waals surface area contributed by atoms with E-state index in [1.807, 2.05) is 0 Å². The van der Waals surface area contributed by atoms with Gasteiger partial charge in [-0.05, 0) is 19.3 Å². The van der Waals surface area contributed by atoms with Gasteiger partial charge in [0, 0.05) is 0 Å². The molecule has 3 N–H and O–H groups in total. The molecule has 1 atom stereocenters. The molecule has 0 amide bonds. The summed E-state index contributed by atoms with van der Waals surface area (Å²) >= 11 is 0. The van der Waals surface area contributed by atoms with Gasteiger partial charge in [-0.25, -0.2) is 0 Å². The maximum atomic E-state index is 10.2. The van der Waals surface area contributed by atoms with Crippen LogP contribution in [-0.4, -0.2) is 30.2 Å². The average Bonchev–Trinajstić information content (AvgIpc) is 2.03. The maximum Gasteiger partial charge on any atom is 0.320 e. The minimum absolute atomic E-state index is 0.329. The van der Waals surface area contributed by atoms with E-state index in [9.17, 15) is 9.59 Å². The molecule has 0 fully saturated rings. The first-order valence-electron chi connectivity index (χ1n) is 3.72. The summed E-state index contributed by atoms with van der Waals surface area (Å²) in [7, 11) is 0. The molecule has 0 aliphatic rings. The van der Waals surface area contributed by atoms with Crippen molar-refractivity contribution in [3.05, 3.63) is 0 Å². The summed E-state index contributed by atoms with van der Waals surface area (Å²) in [6, 6.07) is -0.804. The van der Waals surface area contributed by atoms with Gasteiger partial charge in [-0.2, -0.15) is 0 Å². The van der Waals surface area contributed by atoms with Crippen LogP contribution < -0.4 is 5.73 Å². The Kier molecular flexibility index (Phi) is 6.00. The van der Waals surface area contributed by atoms with Crippen molar-refractivity contribution in [3.8, 4) is 0 Å². The van der Waals surface area contributed by atoms with Crippen molar-refractivity contribution in [1.29, 1.82) is 0 Å². The van der Waals surface area contributed by atoms with E-state index in [-0.39, 0.29) is 0 Å². The highest BCUT2D eigenvalue weighted by molar-refractivity contribution is 5.72. The third-order valence-corrected chi connectivity index (χ3v) is 1.41. The van der Waals surface area contributed by atoms with Crippen LogP contribution in [0.15, 0.2) is 0 Å². The Balaban J connectivity index is 3.19. The van der Waals surface area contributed by atoms with Gasteiger partial charge in [0.25, 0.3) is 6.47 Å². The first kappa shape index (κ1) is 10.9. The second-order valence-electron chi connectivity index (χ2n) is 2.41. The topological polar surface area (TPSA) is 89.6 Å². The predicted molar refractivity (Wildman–Crippen MR) is 41.5 cm³/mol. The summed E-state index contributed by atoms with van der Waals surface area (Å²) in [6.07, 6.45) is 1.72. The zero-order valence-corrected chi connectivity index (χ0v) is 6.73. The quantitative estimate of drug-likeness (QED) is 0.411. The first-order valence-corrected chi connectivity index (χ1v) is 3.72. The van der Waals surface area contributed by atoms with Gasteiger partial charge in [-0.1, -0.05) is 0 Å². The van der Waals surface area contributed by atoms with Crippen LogP contribution in [0.3, 0.4) is 0 Å². The standard InChI is InChI=1S/C7H13NO4/c8-6(7(10)11)3-1-2-4-12-5-9/h5-6H,1-4,8H2,(H,10,11). The molecule has 0 bridgehead atoms. The van der Waals surface area contributed by atoms with Crippen LogP contribution in [0, 0.1) is 0 Å². The number of aliphatic carboxylic acids is 1. The molecule has 5 nitrogen and oxygen atoms in total. The van der Waals surface area contributed by atoms with Gasteiger partial charge in [-0.3, -0.25) is 9.59 Å². The Hall–Kier alpha value is -1.10. The first-order chi connectivity index (χ1) is 5.68. The number of hydrogen-bond donors (Lipinski definition) is 2. The van der Waals surface area contributed by atoms with Crippen LogP contribution in [0.5, 0.6) is 0 Å². The van der Waals surface area contributed by atoms with E-state index in [1.54, 1.807) is 0 Å². The van der Waals surface area contributed by atoms with Crippen molar-refractivity contribution in [1.82, 2.24) is 0 Å². The summed E-state index contributed by atoms with van der Waals surface area (Å²) in [4.78, 5) is 19.9. The van der Waals surface area contributed by atoms with Gasteiger partial charge >= 0.3 is 5.97 Å². The van der Waals surface area contributed by atoms with Crippen LogP contribution in [0.2, 0.25) is 0 Å². The molecule has 0 spiro atoms. The highest BCUT2D eigenvalue weighted by atomic mass is 16.5. The summed E-state index contributed by atoms with van der Waals surface area (Å²) in [5.74, 6) is -0.994. The van der Waals surface area contributed by atoms with E-state index >= 15 is 0 Å². The lowest BCUT2D eigenvalue weighted by Crippen LogP contribution is -2.29. The number of carbonyl (C=O) groups excluding carboxylic acids is 1. The fraction of sp³-hybridized carbons (Fsp3) is 0.714. The Morgan fingerprint density at radius 2 is 2.25 bits per heavy atom. The fourth-order valence-corrected chi connectivity index (χ4v) is 0.721. The van der Waals surface area contributed by atoms with E-state index in [0.29, 0.717) is 32.3 Å². The predicted octanol–water partition coefficient (Wildman–Crippen LogP) is -0.258. The summed E-state index contributed by atoms with van der Waals surface area (Å²) in [5.41, 5.74) is 5.22. The van der Waals surface area contributed by atoms with Gasteiger partial charge in [0.1, 0.15) is 6.04 Å². The molecule has 0 rings (SSSR count). The van der Waals surface area contributed by atoms with Crippen LogP contribution in [0.4, 0.5) is 0 Å². The van der Waals surface area contributed by atoms with Crippen molar-refractivity contribution >= 4 is 12.4 Å². The molecule has 0 radical (unpaired) electrons. The lowest BCUT2D eigenvalue weighted by atomic mass is 10.1. The Labute approximate surface area is 70.5 Å². The molecule has 70 valence electrons. The van der Waals surface area contributed by atoms with E-state index in [4.69, 9.17) is 10.8 Å². The Morgan fingerprint density at radius 1 is 1.58 bits per heavy atom. The second kappa shape index (κ2) is 6.60. The van der Waals surface area contributed by atoms with Crippen LogP contribution in [0.25, 0.3) is 0 Å². The highest BCUT2D eigenvalue weighted by Crippen LogP contribution is 1.98. The van der Waals surface area contributed by atoms with Crippen molar-refractivity contribution < 1.29 is 19.4 Å². The van der Waals surface area contributed by atoms with Gasteiger partial charge in [0.05, 0.1) is 6.61 Å². The molecule has 0 aliphatic carbocycles. The number of carboxylic acid groups (broad SMARTS) is 1. The molecule has 0 saturated heterocycles. The molecule has 0 saturated carbocycles. The molecule has 0 aliphatic heterocycles. The van der Waals surface area contributed by atoms with Gasteiger partial charge in [0.15, 0.2) is 0 Å². The minimum Gasteiger partial charge on any atom is -0.480 e. The smallest absolute Gasteiger partial charge is 0.320 e. The van der Waals surface area contributed by atoms with Crippen molar-refractivity contribution in [2.24, 2.45) is 5.73 Å². The summed E-state index contributed by atoms with van der Waals surface area (Å²) < 4.78 is 4.41. The number of carboxylic acids is 1. The summed E-state index contributed by atoms with van der Waals surface area (Å²) in [6.45, 7) is 0.701. The van der Waals surface area contributed by atoms with Crippen LogP contribution >= 0.6 is 0 Å². The lowest BCUT2D eigenvalue weighted by molar-refractivity contribution is -0.138. The number of ether oxygens (including phenoxy) is 1. The molecular formula is C7H13NO4. The van der Waals surface area contributed by atoms with E-state index < -0.39 is 12.0 Å². The van der Waals surface area contributed by atoms with E-state index in [1.165, 1.54) is 0 Å². The molecule has 5 heteroatoms. The normalized spacial score (nSPS) is 12.1. The number of carbonyl (C=O) groups is 2. The third kappa shape index (κ3) is 5.67. The molecular weight excluding hydrogens is 162 g/mol. The number of hydrogen-bond acceptors (Lipinski definition) is 4. The lowest BCUT2D eigenvalue weighted by Gasteiger charge is -2.04. The van der Waals surface area contributed by atoms with Gasteiger partial charge in [-0.15, -0.1) is 0 Å². The molecule has 0 aromatic carbocycles. The zero-order chi connectivity index (χ0) is 9.40. The average molecular weight is 175 g/mol. The molecule has 12 heavy (non-hydrogen) atoms. The SMILES string of the molecule is NC(CCCCOC=O)C(=O)O. The number of rotatable bonds is 7. The van der Waals surface area contributed by atoms with E-state index in [0.717, 1.165) is 0 Å². The van der Waals surface area contributed by atoms with Crippen molar-refractivity contribution in [2.75, 3.05) is 6.61 Å². The molecule has 0 heterocycles.